The fourth-order valence-corrected chi connectivity index (χ4v) is 1.83. The summed E-state index contributed by atoms with van der Waals surface area (Å²) in [6, 6.07) is 3.74. The molecule has 3 heterocycles. The number of rotatable bonds is 3. The largest absolute Gasteiger partial charge is 0.382 e. The molecule has 95 valence electrons. The van der Waals surface area contributed by atoms with Crippen LogP contribution in [0.4, 0.5) is 17.5 Å². The Kier molecular flexibility index (Phi) is 2.71. The number of imidazole rings is 1. The molecular weight excluding hydrogens is 242 g/mol. The monoisotopic (exact) mass is 254 g/mol. The van der Waals surface area contributed by atoms with Crippen LogP contribution >= 0.6 is 0 Å². The maximum absolute atomic E-state index is 5.80. The van der Waals surface area contributed by atoms with E-state index in [0.717, 1.165) is 5.69 Å². The number of nitrogens with zero attached hydrogens (tertiary/aromatic N) is 5. The molecule has 19 heavy (non-hydrogen) atoms. The first-order valence-electron chi connectivity index (χ1n) is 5.72. The second kappa shape index (κ2) is 4.52. The number of pyridine rings is 1. The minimum atomic E-state index is 0.353. The molecular formula is C12H12N7. The van der Waals surface area contributed by atoms with Crippen LogP contribution in [-0.2, 0) is 6.54 Å². The van der Waals surface area contributed by atoms with Gasteiger partial charge in [0.05, 0.1) is 11.9 Å². The zero-order valence-electron chi connectivity index (χ0n) is 10.1. The summed E-state index contributed by atoms with van der Waals surface area (Å²) in [6.45, 7) is 4.36. The first kappa shape index (κ1) is 11.4. The van der Waals surface area contributed by atoms with E-state index in [-0.39, 0.29) is 0 Å². The Morgan fingerprint density at radius 3 is 3.00 bits per heavy atom. The third-order valence-electron chi connectivity index (χ3n) is 2.70. The van der Waals surface area contributed by atoms with Crippen LogP contribution in [0.3, 0.4) is 0 Å². The van der Waals surface area contributed by atoms with Gasteiger partial charge in [-0.25, -0.2) is 15.0 Å². The van der Waals surface area contributed by atoms with Gasteiger partial charge in [-0.05, 0) is 19.1 Å². The highest BCUT2D eigenvalue weighted by molar-refractivity contribution is 5.84. The van der Waals surface area contributed by atoms with Gasteiger partial charge in [-0.3, -0.25) is 9.55 Å². The van der Waals surface area contributed by atoms with Crippen molar-refractivity contribution in [3.8, 4) is 0 Å². The van der Waals surface area contributed by atoms with Gasteiger partial charge in [-0.15, -0.1) is 0 Å². The fraction of sp³-hybridized carbons (Fsp3) is 0.0833. The van der Waals surface area contributed by atoms with Gasteiger partial charge >= 0.3 is 0 Å². The molecule has 0 bridgehead atoms. The highest BCUT2D eigenvalue weighted by atomic mass is 15.2. The van der Waals surface area contributed by atoms with Gasteiger partial charge < -0.3 is 11.1 Å². The lowest BCUT2D eigenvalue weighted by Gasteiger charge is -2.07. The van der Waals surface area contributed by atoms with Crippen LogP contribution in [0.15, 0.2) is 30.9 Å². The highest BCUT2D eigenvalue weighted by Crippen LogP contribution is 2.23. The third kappa shape index (κ3) is 1.95. The van der Waals surface area contributed by atoms with E-state index in [9.17, 15) is 0 Å². The van der Waals surface area contributed by atoms with Gasteiger partial charge in [-0.2, -0.15) is 0 Å². The molecule has 3 aromatic heterocycles. The molecule has 0 spiro atoms. The Morgan fingerprint density at radius 2 is 2.26 bits per heavy atom. The lowest BCUT2D eigenvalue weighted by atomic mass is 10.4. The summed E-state index contributed by atoms with van der Waals surface area (Å²) in [5, 5.41) is 3.17. The van der Waals surface area contributed by atoms with Crippen LogP contribution in [0.1, 0.15) is 0 Å². The molecule has 3 aromatic rings. The number of anilines is 3. The Morgan fingerprint density at radius 1 is 1.37 bits per heavy atom. The van der Waals surface area contributed by atoms with E-state index in [0.29, 0.717) is 29.5 Å². The van der Waals surface area contributed by atoms with Crippen LogP contribution < -0.4 is 11.1 Å². The van der Waals surface area contributed by atoms with Crippen LogP contribution in [0.5, 0.6) is 0 Å². The van der Waals surface area contributed by atoms with Gasteiger partial charge in [-0.1, -0.05) is 0 Å². The molecule has 0 unspecified atom stereocenters. The van der Waals surface area contributed by atoms with Crippen molar-refractivity contribution in [2.45, 2.75) is 6.54 Å². The van der Waals surface area contributed by atoms with E-state index in [1.54, 1.807) is 12.4 Å². The number of aromatic nitrogens is 5. The molecule has 0 aromatic carbocycles. The maximum Gasteiger partial charge on any atom is 0.209 e. The van der Waals surface area contributed by atoms with Crippen molar-refractivity contribution >= 4 is 28.6 Å². The van der Waals surface area contributed by atoms with Crippen LogP contribution in [0.25, 0.3) is 11.2 Å². The summed E-state index contributed by atoms with van der Waals surface area (Å²) >= 11 is 0. The molecule has 1 radical (unpaired) electrons. The number of fused-ring (bicyclic) bond motifs is 1. The van der Waals surface area contributed by atoms with E-state index in [1.807, 2.05) is 16.7 Å². The predicted molar refractivity (Wildman–Crippen MR) is 72.6 cm³/mol. The number of hydrogen-bond donors (Lipinski definition) is 2. The average Bonchev–Trinajstić information content (AvgIpc) is 2.79. The van der Waals surface area contributed by atoms with E-state index < -0.39 is 0 Å². The minimum Gasteiger partial charge on any atom is -0.382 e. The SMILES string of the molecule is [CH2]Cn1c(Nc2cccnc2)nc2c(N)ncnc21. The second-order valence-electron chi connectivity index (χ2n) is 3.88. The molecule has 0 aliphatic carbocycles. The molecule has 0 saturated heterocycles. The van der Waals surface area contributed by atoms with Gasteiger partial charge in [0.1, 0.15) is 6.33 Å². The second-order valence-corrected chi connectivity index (χ2v) is 3.88. The first-order valence-corrected chi connectivity index (χ1v) is 5.72. The standard InChI is InChI=1S/C12H12N7/c1-2-19-11-9(10(13)15-7-16-11)18-12(19)17-8-4-3-5-14-6-8/h3-7H,1-2H2,(H,17,18)(H2,13,15,16). The van der Waals surface area contributed by atoms with E-state index in [2.05, 4.69) is 32.2 Å². The normalized spacial score (nSPS) is 10.8. The smallest absolute Gasteiger partial charge is 0.209 e. The Bertz CT molecular complexity index is 705. The number of nitrogens with two attached hydrogens (primary N) is 1. The van der Waals surface area contributed by atoms with Crippen molar-refractivity contribution in [3.63, 3.8) is 0 Å². The van der Waals surface area contributed by atoms with Gasteiger partial charge in [0.25, 0.3) is 0 Å². The summed E-state index contributed by atoms with van der Waals surface area (Å²) in [5.74, 6) is 0.969. The van der Waals surface area contributed by atoms with Crippen LogP contribution in [0, 0.1) is 6.92 Å². The number of nitrogen functional groups attached to an aromatic ring is 1. The first-order chi connectivity index (χ1) is 9.29. The molecule has 3 N–H and O–H groups in total. The lowest BCUT2D eigenvalue weighted by Crippen LogP contribution is -2.03. The van der Waals surface area contributed by atoms with Gasteiger partial charge in [0, 0.05) is 12.7 Å². The topological polar surface area (TPSA) is 94.5 Å². The van der Waals surface area contributed by atoms with E-state index >= 15 is 0 Å². The zero-order valence-corrected chi connectivity index (χ0v) is 10.1. The molecule has 0 aliphatic heterocycles. The minimum absolute atomic E-state index is 0.353. The number of nitrogens with one attached hydrogen (secondary N) is 1. The van der Waals surface area contributed by atoms with Crippen LogP contribution in [-0.4, -0.2) is 24.5 Å². The summed E-state index contributed by atoms with van der Waals surface area (Å²) in [7, 11) is 0. The van der Waals surface area contributed by atoms with Crippen molar-refractivity contribution in [1.29, 1.82) is 0 Å². The molecule has 0 aliphatic rings. The maximum atomic E-state index is 5.80. The van der Waals surface area contributed by atoms with E-state index in [4.69, 9.17) is 5.73 Å². The molecule has 7 nitrogen and oxygen atoms in total. The summed E-state index contributed by atoms with van der Waals surface area (Å²) in [4.78, 5) is 16.6. The Balaban J connectivity index is 2.11. The molecule has 0 saturated carbocycles. The molecule has 0 atom stereocenters. The van der Waals surface area contributed by atoms with Crippen molar-refractivity contribution < 1.29 is 0 Å². The number of hydrogen-bond acceptors (Lipinski definition) is 6. The quantitative estimate of drug-likeness (QED) is 0.733. The molecule has 0 fully saturated rings. The van der Waals surface area contributed by atoms with Crippen molar-refractivity contribution in [3.05, 3.63) is 37.8 Å². The molecule has 3 rings (SSSR count). The average molecular weight is 254 g/mol. The summed E-state index contributed by atoms with van der Waals surface area (Å²) in [6.07, 6.45) is 4.83. The molecule has 7 heteroatoms. The predicted octanol–water partition coefficient (Wildman–Crippen LogP) is 1.38. The Labute approximate surface area is 109 Å². The Hall–Kier alpha value is -2.70. The van der Waals surface area contributed by atoms with Gasteiger partial charge in [0.2, 0.25) is 5.95 Å². The zero-order chi connectivity index (χ0) is 13.2. The molecule has 0 amide bonds. The fourth-order valence-electron chi connectivity index (χ4n) is 1.83. The van der Waals surface area contributed by atoms with Crippen molar-refractivity contribution in [2.24, 2.45) is 0 Å². The van der Waals surface area contributed by atoms with Crippen molar-refractivity contribution in [2.75, 3.05) is 11.1 Å². The summed E-state index contributed by atoms with van der Waals surface area (Å²) < 4.78 is 1.83. The van der Waals surface area contributed by atoms with Crippen LogP contribution in [0.2, 0.25) is 0 Å². The highest BCUT2D eigenvalue weighted by Gasteiger charge is 2.13. The lowest BCUT2D eigenvalue weighted by molar-refractivity contribution is 0.844. The van der Waals surface area contributed by atoms with Crippen molar-refractivity contribution in [1.82, 2.24) is 24.5 Å². The van der Waals surface area contributed by atoms with E-state index in [1.165, 1.54) is 6.33 Å². The van der Waals surface area contributed by atoms with Gasteiger partial charge in [0.15, 0.2) is 17.0 Å². The third-order valence-corrected chi connectivity index (χ3v) is 2.70. The summed E-state index contributed by atoms with van der Waals surface area (Å²) in [5.41, 5.74) is 7.86.